The lowest BCUT2D eigenvalue weighted by atomic mass is 10.2. The highest BCUT2D eigenvalue weighted by Crippen LogP contribution is 2.24. The fourth-order valence-corrected chi connectivity index (χ4v) is 2.89. The van der Waals surface area contributed by atoms with Gasteiger partial charge in [-0.05, 0) is 36.2 Å². The van der Waals surface area contributed by atoms with Crippen LogP contribution in [0.4, 0.5) is 10.3 Å². The van der Waals surface area contributed by atoms with Crippen LogP contribution in [-0.2, 0) is 13.5 Å². The van der Waals surface area contributed by atoms with Crippen LogP contribution in [-0.4, -0.2) is 26.1 Å². The Morgan fingerprint density at radius 2 is 2.00 bits per heavy atom. The number of aromatic nitrogens is 4. The lowest BCUT2D eigenvalue weighted by Crippen LogP contribution is -2.20. The van der Waals surface area contributed by atoms with Crippen LogP contribution in [0.5, 0.6) is 11.5 Å². The monoisotopic (exact) mass is 391 g/mol. The highest BCUT2D eigenvalue weighted by molar-refractivity contribution is 5.76. The number of rotatable bonds is 6. The molecule has 0 radical (unpaired) electrons. The Labute approximate surface area is 165 Å². The van der Waals surface area contributed by atoms with Gasteiger partial charge in [0.05, 0.1) is 0 Å². The van der Waals surface area contributed by atoms with E-state index in [1.807, 2.05) is 18.3 Å². The Kier molecular flexibility index (Phi) is 5.15. The van der Waals surface area contributed by atoms with Crippen molar-refractivity contribution >= 4 is 17.0 Å². The minimum Gasteiger partial charge on any atom is -0.448 e. The van der Waals surface area contributed by atoms with Crippen LogP contribution in [0.3, 0.4) is 0 Å². The molecule has 146 valence electrons. The number of para-hydroxylation sites is 1. The zero-order valence-corrected chi connectivity index (χ0v) is 15.7. The minimum absolute atomic E-state index is 0.00554. The van der Waals surface area contributed by atoms with E-state index in [9.17, 15) is 9.18 Å². The molecule has 0 atom stereocenters. The molecule has 0 fully saturated rings. The molecule has 0 aliphatic heterocycles. The predicted octanol–water partition coefficient (Wildman–Crippen LogP) is 3.31. The molecule has 29 heavy (non-hydrogen) atoms. The molecular formula is C21H18FN5O2. The van der Waals surface area contributed by atoms with Gasteiger partial charge in [0.1, 0.15) is 5.65 Å². The Balaban J connectivity index is 1.57. The Hall–Kier alpha value is -3.81. The van der Waals surface area contributed by atoms with Crippen LogP contribution in [0.25, 0.3) is 11.0 Å². The Morgan fingerprint density at radius 1 is 1.14 bits per heavy atom. The summed E-state index contributed by atoms with van der Waals surface area (Å²) in [5.74, 6) is -0.136. The molecule has 4 rings (SSSR count). The molecule has 1 N–H and O–H groups in total. The summed E-state index contributed by atoms with van der Waals surface area (Å²) in [5.41, 5.74) is 1.14. The molecule has 0 bridgehead atoms. The number of pyridine rings is 2. The molecular weight excluding hydrogens is 373 g/mol. The molecule has 3 heterocycles. The van der Waals surface area contributed by atoms with E-state index in [0.717, 1.165) is 12.0 Å². The second-order valence-corrected chi connectivity index (χ2v) is 6.42. The smallest absolute Gasteiger partial charge is 0.294 e. The normalized spacial score (nSPS) is 10.8. The number of halogens is 1. The van der Waals surface area contributed by atoms with Crippen LogP contribution in [0.1, 0.15) is 5.56 Å². The van der Waals surface area contributed by atoms with E-state index in [4.69, 9.17) is 4.74 Å². The number of hydrogen-bond acceptors (Lipinski definition) is 6. The maximum absolute atomic E-state index is 13.8. The molecule has 4 aromatic rings. The Bertz CT molecular complexity index is 1210. The summed E-state index contributed by atoms with van der Waals surface area (Å²) in [7, 11) is 1.59. The summed E-state index contributed by atoms with van der Waals surface area (Å²) in [5, 5.41) is 3.76. The highest BCUT2D eigenvalue weighted by Gasteiger charge is 2.13. The van der Waals surface area contributed by atoms with Gasteiger partial charge < -0.3 is 10.1 Å². The molecule has 0 aliphatic carbocycles. The van der Waals surface area contributed by atoms with Gasteiger partial charge in [-0.1, -0.05) is 18.2 Å². The number of anilines is 1. The number of ether oxygens (including phenoxy) is 1. The summed E-state index contributed by atoms with van der Waals surface area (Å²) in [6, 6.07) is 11.3. The number of fused-ring (bicyclic) bond motifs is 1. The van der Waals surface area contributed by atoms with Crippen molar-refractivity contribution in [1.82, 2.24) is 19.5 Å². The number of hydrogen-bond donors (Lipinski definition) is 1. The van der Waals surface area contributed by atoms with Gasteiger partial charge >= 0.3 is 0 Å². The fraction of sp³-hybridized carbons (Fsp3) is 0.143. The fourth-order valence-electron chi connectivity index (χ4n) is 2.89. The van der Waals surface area contributed by atoms with Crippen molar-refractivity contribution in [1.29, 1.82) is 0 Å². The third-order valence-corrected chi connectivity index (χ3v) is 4.39. The SMILES string of the molecule is Cn1c(=O)c(Oc2ccccc2F)cc2cnc(NCCc3cccnc3)nc21. The molecule has 0 unspecified atom stereocenters. The van der Waals surface area contributed by atoms with Gasteiger partial charge in [-0.2, -0.15) is 4.98 Å². The molecule has 0 saturated carbocycles. The van der Waals surface area contributed by atoms with Crippen molar-refractivity contribution in [2.75, 3.05) is 11.9 Å². The predicted molar refractivity (Wildman–Crippen MR) is 108 cm³/mol. The molecule has 8 heteroatoms. The highest BCUT2D eigenvalue weighted by atomic mass is 19.1. The lowest BCUT2D eigenvalue weighted by Gasteiger charge is -2.11. The third kappa shape index (κ3) is 4.06. The maximum atomic E-state index is 13.8. The molecule has 7 nitrogen and oxygen atoms in total. The van der Waals surface area contributed by atoms with E-state index in [-0.39, 0.29) is 11.5 Å². The topological polar surface area (TPSA) is 81.9 Å². The van der Waals surface area contributed by atoms with E-state index >= 15 is 0 Å². The van der Waals surface area contributed by atoms with Crippen LogP contribution < -0.4 is 15.6 Å². The molecule has 3 aromatic heterocycles. The standard InChI is InChI=1S/C21H18FN5O2/c1-27-19-15(11-18(20(27)28)29-17-7-3-2-6-16(17)22)13-25-21(26-19)24-10-8-14-5-4-9-23-12-14/h2-7,9,11-13H,8,10H2,1H3,(H,24,25,26). The quantitative estimate of drug-likeness (QED) is 0.543. The minimum atomic E-state index is -0.543. The first-order chi connectivity index (χ1) is 14.1. The number of nitrogens with zero attached hydrogens (tertiary/aromatic N) is 4. The first-order valence-electron chi connectivity index (χ1n) is 9.04. The maximum Gasteiger partial charge on any atom is 0.294 e. The van der Waals surface area contributed by atoms with Gasteiger partial charge in [-0.25, -0.2) is 9.37 Å². The summed E-state index contributed by atoms with van der Waals surface area (Å²) in [6.07, 6.45) is 5.91. The molecule has 0 amide bonds. The van der Waals surface area contributed by atoms with E-state index in [0.29, 0.717) is 23.5 Å². The molecule has 0 aliphatic rings. The van der Waals surface area contributed by atoms with Crippen molar-refractivity contribution < 1.29 is 9.13 Å². The van der Waals surface area contributed by atoms with Gasteiger partial charge in [0.2, 0.25) is 5.95 Å². The summed E-state index contributed by atoms with van der Waals surface area (Å²) in [6.45, 7) is 0.625. The van der Waals surface area contributed by atoms with Crippen LogP contribution in [0, 0.1) is 5.82 Å². The van der Waals surface area contributed by atoms with Crippen molar-refractivity contribution in [3.05, 3.63) is 82.8 Å². The molecule has 0 spiro atoms. The van der Waals surface area contributed by atoms with Crippen molar-refractivity contribution in [3.63, 3.8) is 0 Å². The van der Waals surface area contributed by atoms with Crippen molar-refractivity contribution in [2.24, 2.45) is 7.05 Å². The third-order valence-electron chi connectivity index (χ3n) is 4.39. The zero-order chi connectivity index (χ0) is 20.2. The second-order valence-electron chi connectivity index (χ2n) is 6.42. The van der Waals surface area contributed by atoms with Crippen LogP contribution >= 0.6 is 0 Å². The van der Waals surface area contributed by atoms with Crippen molar-refractivity contribution in [2.45, 2.75) is 6.42 Å². The van der Waals surface area contributed by atoms with E-state index in [1.54, 1.807) is 31.6 Å². The average Bonchev–Trinajstić information content (AvgIpc) is 2.74. The largest absolute Gasteiger partial charge is 0.448 e. The zero-order valence-electron chi connectivity index (χ0n) is 15.7. The summed E-state index contributed by atoms with van der Waals surface area (Å²) in [4.78, 5) is 25.4. The number of nitrogens with one attached hydrogen (secondary N) is 1. The van der Waals surface area contributed by atoms with Crippen LogP contribution in [0.2, 0.25) is 0 Å². The van der Waals surface area contributed by atoms with E-state index in [2.05, 4.69) is 20.3 Å². The molecule has 0 saturated heterocycles. The first kappa shape index (κ1) is 18.5. The number of aryl methyl sites for hydroxylation is 1. The van der Waals surface area contributed by atoms with Gasteiger partial charge in [0, 0.05) is 37.6 Å². The van der Waals surface area contributed by atoms with Gasteiger partial charge in [0.15, 0.2) is 17.3 Å². The Morgan fingerprint density at radius 3 is 2.79 bits per heavy atom. The summed E-state index contributed by atoms with van der Waals surface area (Å²) < 4.78 is 20.7. The second kappa shape index (κ2) is 8.05. The first-order valence-corrected chi connectivity index (χ1v) is 9.04. The van der Waals surface area contributed by atoms with E-state index in [1.165, 1.54) is 22.8 Å². The van der Waals surface area contributed by atoms with E-state index < -0.39 is 11.4 Å². The van der Waals surface area contributed by atoms with Gasteiger partial charge in [0.25, 0.3) is 5.56 Å². The molecule has 1 aromatic carbocycles. The van der Waals surface area contributed by atoms with Gasteiger partial charge in [-0.15, -0.1) is 0 Å². The van der Waals surface area contributed by atoms with Crippen molar-refractivity contribution in [3.8, 4) is 11.5 Å². The van der Waals surface area contributed by atoms with Crippen LogP contribution in [0.15, 0.2) is 65.8 Å². The summed E-state index contributed by atoms with van der Waals surface area (Å²) >= 11 is 0. The average molecular weight is 391 g/mol. The lowest BCUT2D eigenvalue weighted by molar-refractivity contribution is 0.434. The number of benzene rings is 1. The van der Waals surface area contributed by atoms with Gasteiger partial charge in [-0.3, -0.25) is 14.3 Å².